The second kappa shape index (κ2) is 9.72. The molecule has 0 aliphatic rings. The predicted molar refractivity (Wildman–Crippen MR) is 107 cm³/mol. The van der Waals surface area contributed by atoms with Crippen molar-refractivity contribution in [1.82, 2.24) is 0 Å². The van der Waals surface area contributed by atoms with Gasteiger partial charge >= 0.3 is 23.1 Å². The molecule has 0 amide bonds. The number of rotatable bonds is 3. The quantitative estimate of drug-likeness (QED) is 0.360. The van der Waals surface area contributed by atoms with Crippen molar-refractivity contribution >= 4 is 23.1 Å². The zero-order valence-corrected chi connectivity index (χ0v) is 17.4. The van der Waals surface area contributed by atoms with Gasteiger partial charge in [0.25, 0.3) is 0 Å². The summed E-state index contributed by atoms with van der Waals surface area (Å²) in [5, 5.41) is 0. The Kier molecular flexibility index (Phi) is 7.64. The van der Waals surface area contributed by atoms with Gasteiger partial charge in [0.2, 0.25) is 0 Å². The average Bonchev–Trinajstić information content (AvgIpc) is 2.70. The molecule has 0 saturated heterocycles. The third-order valence-corrected chi connectivity index (χ3v) is 4.15. The van der Waals surface area contributed by atoms with Crippen LogP contribution in [-0.4, -0.2) is 23.1 Å². The van der Waals surface area contributed by atoms with Crippen molar-refractivity contribution in [2.24, 2.45) is 0 Å². The third-order valence-electron chi connectivity index (χ3n) is 4.15. The largest absolute Gasteiger partial charge is 2.00 e. The van der Waals surface area contributed by atoms with Crippen molar-refractivity contribution in [3.8, 4) is 33.4 Å². The fourth-order valence-electron chi connectivity index (χ4n) is 2.91. The molecule has 2 heteroatoms. The van der Waals surface area contributed by atoms with Crippen LogP contribution in [0.4, 0.5) is 0 Å². The summed E-state index contributed by atoms with van der Waals surface area (Å²) in [5.41, 5.74) is 7.06. The molecule has 0 atom stereocenters. The van der Waals surface area contributed by atoms with Gasteiger partial charge in [-0.25, -0.2) is 0 Å². The average molecular weight is 410 g/mol. The smallest absolute Gasteiger partial charge is 1.00 e. The Morgan fingerprint density at radius 2 is 0.769 bits per heavy atom. The molecule has 0 radical (unpaired) electrons. The first kappa shape index (κ1) is 20.4. The molecule has 0 spiro atoms. The van der Waals surface area contributed by atoms with E-state index in [-0.39, 0.29) is 40.0 Å². The first-order valence-corrected chi connectivity index (χ1v) is 8.14. The second-order valence-electron chi connectivity index (χ2n) is 5.79. The molecule has 0 heterocycles. The van der Waals surface area contributed by atoms with E-state index >= 15 is 0 Å². The molecule has 0 aromatic heterocycles. The monoisotopic (exact) mass is 408 g/mol. The minimum atomic E-state index is 0. The molecule has 0 nitrogen and oxygen atoms in total. The molecule has 122 valence electrons. The van der Waals surface area contributed by atoms with Gasteiger partial charge in [-0.15, -0.1) is 29.3 Å². The normalized spacial score (nSPS) is 9.69. The summed E-state index contributed by atoms with van der Waals surface area (Å²) in [5.74, 6) is 0. The van der Waals surface area contributed by atoms with Crippen molar-refractivity contribution in [2.75, 3.05) is 0 Å². The van der Waals surface area contributed by atoms with Crippen LogP contribution in [-0.2, 0) is 0 Å². The van der Waals surface area contributed by atoms with Gasteiger partial charge in [-0.2, -0.15) is 0 Å². The third kappa shape index (κ3) is 4.64. The summed E-state index contributed by atoms with van der Waals surface area (Å²) in [6.07, 6.45) is 0. The Morgan fingerprint density at radius 1 is 0.423 bits per heavy atom. The molecule has 26 heavy (non-hydrogen) atoms. The van der Waals surface area contributed by atoms with Crippen LogP contribution in [0.15, 0.2) is 103 Å². The zero-order chi connectivity index (χ0) is 16.2. The summed E-state index contributed by atoms with van der Waals surface area (Å²) < 4.78 is 0. The number of hydrogen-bond donors (Lipinski definition) is 0. The summed E-state index contributed by atoms with van der Waals surface area (Å²) >= 11 is 0. The van der Waals surface area contributed by atoms with Crippen LogP contribution in [0.25, 0.3) is 33.4 Å². The maximum atomic E-state index is 3.59. The van der Waals surface area contributed by atoms with Gasteiger partial charge in [-0.05, 0) is 5.56 Å². The molecule has 0 bridgehead atoms. The van der Waals surface area contributed by atoms with E-state index in [0.717, 1.165) is 11.1 Å². The minimum absolute atomic E-state index is 0. The number of benzene rings is 4. The molecule has 0 N–H and O–H groups in total. The van der Waals surface area contributed by atoms with Gasteiger partial charge in [0.15, 0.2) is 0 Å². The van der Waals surface area contributed by atoms with Gasteiger partial charge in [0, 0.05) is 0 Å². The van der Waals surface area contributed by atoms with Gasteiger partial charge < -0.3 is 17.0 Å². The molecule has 4 aromatic carbocycles. The molecular formula is C24H17BrMg. The molecular weight excluding hydrogens is 392 g/mol. The summed E-state index contributed by atoms with van der Waals surface area (Å²) in [6.45, 7) is 0. The first-order chi connectivity index (χ1) is 11.9. The number of hydrogen-bond acceptors (Lipinski definition) is 0. The standard InChI is InChI=1S/C24H17.BrH.Mg/c1-4-10-19(11-5-1)22-16-23(20-12-6-2-7-13-20)18-24(17-22)21-14-8-3-9-15-21;;/h1-17H;1H;/q-1;;+2/p-1. The maximum Gasteiger partial charge on any atom is 2.00 e. The molecule has 0 aliphatic heterocycles. The van der Waals surface area contributed by atoms with E-state index in [9.17, 15) is 0 Å². The van der Waals surface area contributed by atoms with E-state index in [2.05, 4.69) is 97.1 Å². The van der Waals surface area contributed by atoms with E-state index in [0.29, 0.717) is 0 Å². The molecule has 0 fully saturated rings. The van der Waals surface area contributed by atoms with Crippen LogP contribution < -0.4 is 17.0 Å². The molecule has 0 saturated carbocycles. The van der Waals surface area contributed by atoms with Crippen LogP contribution in [0, 0.1) is 6.07 Å². The SMILES string of the molecule is [Br-].[Mg+2].[c-]1c(-c2ccccc2)cc(-c2ccccc2)cc1-c1ccccc1. The molecule has 4 rings (SSSR count). The number of halogens is 1. The van der Waals surface area contributed by atoms with E-state index < -0.39 is 0 Å². The topological polar surface area (TPSA) is 0 Å². The van der Waals surface area contributed by atoms with Crippen LogP contribution in [0.1, 0.15) is 0 Å². The van der Waals surface area contributed by atoms with E-state index in [1.54, 1.807) is 0 Å². The van der Waals surface area contributed by atoms with Crippen LogP contribution >= 0.6 is 0 Å². The molecule has 0 unspecified atom stereocenters. The first-order valence-electron chi connectivity index (χ1n) is 8.14. The van der Waals surface area contributed by atoms with E-state index in [1.807, 2.05) is 12.1 Å². The van der Waals surface area contributed by atoms with Gasteiger partial charge in [0.05, 0.1) is 0 Å². The van der Waals surface area contributed by atoms with Crippen LogP contribution in [0.2, 0.25) is 0 Å². The summed E-state index contributed by atoms with van der Waals surface area (Å²) in [6, 6.07) is 39.4. The Hall–Kier alpha value is -1.87. The Bertz CT molecular complexity index is 796. The zero-order valence-electron chi connectivity index (χ0n) is 14.4. The van der Waals surface area contributed by atoms with Crippen molar-refractivity contribution < 1.29 is 17.0 Å². The van der Waals surface area contributed by atoms with E-state index in [4.69, 9.17) is 0 Å². The minimum Gasteiger partial charge on any atom is -1.00 e. The molecule has 4 aromatic rings. The maximum absolute atomic E-state index is 3.59. The van der Waals surface area contributed by atoms with Gasteiger partial charge in [-0.1, -0.05) is 108 Å². The van der Waals surface area contributed by atoms with Crippen molar-refractivity contribution in [3.05, 3.63) is 109 Å². The summed E-state index contributed by atoms with van der Waals surface area (Å²) in [4.78, 5) is 0. The Balaban J connectivity index is 0.00000121. The van der Waals surface area contributed by atoms with Crippen molar-refractivity contribution in [1.29, 1.82) is 0 Å². The predicted octanol–water partition coefficient (Wildman–Crippen LogP) is 3.11. The van der Waals surface area contributed by atoms with Gasteiger partial charge in [-0.3, -0.25) is 0 Å². The van der Waals surface area contributed by atoms with E-state index in [1.165, 1.54) is 22.3 Å². The van der Waals surface area contributed by atoms with Crippen molar-refractivity contribution in [3.63, 3.8) is 0 Å². The van der Waals surface area contributed by atoms with Crippen LogP contribution in [0.3, 0.4) is 0 Å². The fourth-order valence-corrected chi connectivity index (χ4v) is 2.91. The Labute approximate surface area is 181 Å². The Morgan fingerprint density at radius 3 is 1.15 bits per heavy atom. The fraction of sp³-hybridized carbons (Fsp3) is 0. The van der Waals surface area contributed by atoms with Gasteiger partial charge in [0.1, 0.15) is 0 Å². The summed E-state index contributed by atoms with van der Waals surface area (Å²) in [7, 11) is 0. The van der Waals surface area contributed by atoms with Crippen molar-refractivity contribution in [2.45, 2.75) is 0 Å². The second-order valence-corrected chi connectivity index (χ2v) is 5.79. The van der Waals surface area contributed by atoms with Crippen LogP contribution in [0.5, 0.6) is 0 Å². The molecule has 0 aliphatic carbocycles.